The summed E-state index contributed by atoms with van der Waals surface area (Å²) in [4.78, 5) is 9.01. The molecule has 2 N–H and O–H groups in total. The Morgan fingerprint density at radius 1 is 1.15 bits per heavy atom. The second-order valence-corrected chi connectivity index (χ2v) is 6.17. The van der Waals surface area contributed by atoms with Crippen LogP contribution in [0.15, 0.2) is 24.3 Å². The molecule has 1 aromatic heterocycles. The normalized spacial score (nSPS) is 13.9. The molecule has 0 unspecified atom stereocenters. The minimum absolute atomic E-state index is 0.121. The lowest BCUT2D eigenvalue weighted by atomic mass is 9.95. The first kappa shape index (κ1) is 12.9. The van der Waals surface area contributed by atoms with Gasteiger partial charge in [0.05, 0.1) is 12.3 Å². The lowest BCUT2D eigenvalue weighted by molar-refractivity contribution is 0.357. The van der Waals surface area contributed by atoms with Crippen molar-refractivity contribution in [3.05, 3.63) is 35.7 Å². The first-order valence-electron chi connectivity index (χ1n) is 6.84. The highest BCUT2D eigenvalue weighted by atomic mass is 16.5. The fourth-order valence-corrected chi connectivity index (χ4v) is 2.30. The zero-order valence-electron chi connectivity index (χ0n) is 12.1. The lowest BCUT2D eigenvalue weighted by Gasteiger charge is -2.18. The number of rotatable bonds is 1. The zero-order chi connectivity index (χ0) is 14.3. The Morgan fingerprint density at radius 3 is 2.70 bits per heavy atom. The molecule has 0 spiro atoms. The average Bonchev–Trinajstić information content (AvgIpc) is 2.84. The number of nitrogens with zero attached hydrogens (tertiary/aromatic N) is 2. The molecule has 0 aliphatic carbocycles. The Hall–Kier alpha value is -2.10. The molecule has 0 bridgehead atoms. The predicted molar refractivity (Wildman–Crippen MR) is 79.8 cm³/mol. The molecule has 4 nitrogen and oxygen atoms in total. The van der Waals surface area contributed by atoms with Gasteiger partial charge in [-0.1, -0.05) is 20.8 Å². The maximum Gasteiger partial charge on any atom is 0.136 e. The predicted octanol–water partition coefficient (Wildman–Crippen LogP) is 2.96. The van der Waals surface area contributed by atoms with Crippen LogP contribution < -0.4 is 10.5 Å². The van der Waals surface area contributed by atoms with Crippen molar-refractivity contribution in [3.63, 3.8) is 0 Å². The van der Waals surface area contributed by atoms with Gasteiger partial charge in [0.25, 0.3) is 0 Å². The largest absolute Gasteiger partial charge is 0.493 e. The Kier molecular flexibility index (Phi) is 2.89. The number of benzene rings is 1. The van der Waals surface area contributed by atoms with Crippen LogP contribution >= 0.6 is 0 Å². The van der Waals surface area contributed by atoms with Gasteiger partial charge < -0.3 is 10.5 Å². The van der Waals surface area contributed by atoms with Crippen LogP contribution in [0.5, 0.6) is 5.75 Å². The summed E-state index contributed by atoms with van der Waals surface area (Å²) in [6.07, 6.45) is 0.954. The van der Waals surface area contributed by atoms with E-state index in [1.54, 1.807) is 0 Å². The highest BCUT2D eigenvalue weighted by Gasteiger charge is 2.20. The van der Waals surface area contributed by atoms with Crippen molar-refractivity contribution in [3.8, 4) is 17.0 Å². The molecule has 0 atom stereocenters. The summed E-state index contributed by atoms with van der Waals surface area (Å²) in [7, 11) is 0. The number of aromatic nitrogens is 2. The highest BCUT2D eigenvalue weighted by Crippen LogP contribution is 2.31. The van der Waals surface area contributed by atoms with E-state index in [9.17, 15) is 0 Å². The molecule has 1 aliphatic heterocycles. The van der Waals surface area contributed by atoms with Gasteiger partial charge in [0.2, 0.25) is 0 Å². The van der Waals surface area contributed by atoms with Crippen molar-refractivity contribution >= 4 is 5.82 Å². The van der Waals surface area contributed by atoms with Gasteiger partial charge in [-0.2, -0.15) is 0 Å². The molecule has 1 aliphatic rings. The summed E-state index contributed by atoms with van der Waals surface area (Å²) >= 11 is 0. The van der Waals surface area contributed by atoms with Crippen LogP contribution in [0.25, 0.3) is 11.3 Å². The van der Waals surface area contributed by atoms with Crippen molar-refractivity contribution in [2.45, 2.75) is 32.6 Å². The summed E-state index contributed by atoms with van der Waals surface area (Å²) in [5.41, 5.74) is 8.98. The zero-order valence-corrected chi connectivity index (χ0v) is 12.1. The molecule has 4 heteroatoms. The minimum atomic E-state index is -0.121. The van der Waals surface area contributed by atoms with Gasteiger partial charge in [0, 0.05) is 23.5 Å². The van der Waals surface area contributed by atoms with Crippen LogP contribution in [0.3, 0.4) is 0 Å². The summed E-state index contributed by atoms with van der Waals surface area (Å²) < 4.78 is 5.53. The number of nitrogens with two attached hydrogens (primary N) is 1. The lowest BCUT2D eigenvalue weighted by Crippen LogP contribution is -2.17. The number of fused-ring (bicyclic) bond motifs is 1. The number of anilines is 1. The quantitative estimate of drug-likeness (QED) is 0.864. The summed E-state index contributed by atoms with van der Waals surface area (Å²) in [5, 5.41) is 0. The van der Waals surface area contributed by atoms with E-state index in [2.05, 4.69) is 36.8 Å². The molecule has 0 saturated carbocycles. The molecule has 1 aromatic carbocycles. The molecule has 0 saturated heterocycles. The van der Waals surface area contributed by atoms with Crippen LogP contribution in [0.4, 0.5) is 5.82 Å². The summed E-state index contributed by atoms with van der Waals surface area (Å²) in [5.74, 6) is 2.26. The molecule has 104 valence electrons. The maximum atomic E-state index is 5.93. The van der Waals surface area contributed by atoms with Gasteiger partial charge in [0.1, 0.15) is 17.4 Å². The fourth-order valence-electron chi connectivity index (χ4n) is 2.30. The molecule has 20 heavy (non-hydrogen) atoms. The molecule has 0 amide bonds. The molecule has 0 fully saturated rings. The monoisotopic (exact) mass is 269 g/mol. The second kappa shape index (κ2) is 4.47. The van der Waals surface area contributed by atoms with E-state index in [1.807, 2.05) is 18.2 Å². The number of hydrogen-bond donors (Lipinski definition) is 1. The Morgan fingerprint density at radius 2 is 1.95 bits per heavy atom. The van der Waals surface area contributed by atoms with Crippen molar-refractivity contribution in [2.24, 2.45) is 0 Å². The third-order valence-corrected chi connectivity index (χ3v) is 3.40. The van der Waals surface area contributed by atoms with Crippen LogP contribution in [0.1, 0.15) is 32.2 Å². The van der Waals surface area contributed by atoms with Gasteiger partial charge in [-0.15, -0.1) is 0 Å². The van der Waals surface area contributed by atoms with E-state index in [0.717, 1.165) is 35.9 Å². The average molecular weight is 269 g/mol. The first-order chi connectivity index (χ1) is 9.43. The van der Waals surface area contributed by atoms with Gasteiger partial charge in [-0.3, -0.25) is 0 Å². The van der Waals surface area contributed by atoms with E-state index in [-0.39, 0.29) is 5.41 Å². The van der Waals surface area contributed by atoms with Crippen LogP contribution in [-0.4, -0.2) is 16.6 Å². The van der Waals surface area contributed by atoms with Gasteiger partial charge in [-0.25, -0.2) is 9.97 Å². The van der Waals surface area contributed by atoms with E-state index in [4.69, 9.17) is 10.5 Å². The maximum absolute atomic E-state index is 5.93. The Bertz CT molecular complexity index is 659. The Balaban J connectivity index is 2.08. The minimum Gasteiger partial charge on any atom is -0.493 e. The number of nitrogen functional groups attached to an aromatic ring is 1. The fraction of sp³-hybridized carbons (Fsp3) is 0.375. The third-order valence-electron chi connectivity index (χ3n) is 3.40. The van der Waals surface area contributed by atoms with Crippen molar-refractivity contribution in [1.29, 1.82) is 0 Å². The number of hydrogen-bond acceptors (Lipinski definition) is 4. The Labute approximate surface area is 119 Å². The smallest absolute Gasteiger partial charge is 0.136 e. The van der Waals surface area contributed by atoms with Crippen molar-refractivity contribution < 1.29 is 4.74 Å². The van der Waals surface area contributed by atoms with Crippen LogP contribution in [-0.2, 0) is 11.8 Å². The summed E-state index contributed by atoms with van der Waals surface area (Å²) in [6.45, 7) is 7.02. The van der Waals surface area contributed by atoms with Crippen LogP contribution in [0, 0.1) is 0 Å². The molecular weight excluding hydrogens is 250 g/mol. The van der Waals surface area contributed by atoms with Gasteiger partial charge in [0.15, 0.2) is 0 Å². The highest BCUT2D eigenvalue weighted by molar-refractivity contribution is 5.65. The molecular formula is C16H19N3O. The van der Waals surface area contributed by atoms with Crippen molar-refractivity contribution in [2.75, 3.05) is 12.3 Å². The SMILES string of the molecule is CC(C)(C)c1nc(N)cc(-c2ccc3c(c2)CCO3)n1. The molecule has 2 heterocycles. The van der Waals surface area contributed by atoms with Gasteiger partial charge in [-0.05, 0) is 23.8 Å². The molecule has 2 aromatic rings. The molecule has 0 radical (unpaired) electrons. The van der Waals surface area contributed by atoms with E-state index in [0.29, 0.717) is 5.82 Å². The third kappa shape index (κ3) is 2.33. The van der Waals surface area contributed by atoms with E-state index >= 15 is 0 Å². The topological polar surface area (TPSA) is 61.0 Å². The standard InChI is InChI=1S/C16H19N3O/c1-16(2,3)15-18-12(9-14(17)19-15)10-4-5-13-11(8-10)6-7-20-13/h4-5,8-9H,6-7H2,1-3H3,(H2,17,18,19). The first-order valence-corrected chi connectivity index (χ1v) is 6.84. The van der Waals surface area contributed by atoms with Crippen LogP contribution in [0.2, 0.25) is 0 Å². The second-order valence-electron chi connectivity index (χ2n) is 6.17. The summed E-state index contributed by atoms with van der Waals surface area (Å²) in [6, 6.07) is 7.99. The van der Waals surface area contributed by atoms with E-state index in [1.165, 1.54) is 5.56 Å². The van der Waals surface area contributed by atoms with Crippen molar-refractivity contribution in [1.82, 2.24) is 9.97 Å². The molecule has 3 rings (SSSR count). The van der Waals surface area contributed by atoms with E-state index < -0.39 is 0 Å². The number of ether oxygens (including phenoxy) is 1. The van der Waals surface area contributed by atoms with Gasteiger partial charge >= 0.3 is 0 Å².